The van der Waals surface area contributed by atoms with Crippen molar-refractivity contribution in [3.05, 3.63) is 11.3 Å². The van der Waals surface area contributed by atoms with E-state index < -0.39 is 0 Å². The minimum Gasteiger partial charge on any atom is -0.385 e. The fraction of sp³-hybridized carbons (Fsp3) is 0.786. The van der Waals surface area contributed by atoms with Gasteiger partial charge < -0.3 is 10.7 Å². The van der Waals surface area contributed by atoms with Crippen LogP contribution < -0.4 is 5.32 Å². The van der Waals surface area contributed by atoms with Gasteiger partial charge in [-0.05, 0) is 62.9 Å². The fourth-order valence-corrected chi connectivity index (χ4v) is 3.23. The average molecular weight is 216 g/mol. The summed E-state index contributed by atoms with van der Waals surface area (Å²) < 4.78 is 0. The van der Waals surface area contributed by atoms with Gasteiger partial charge in [-0.3, -0.25) is 0 Å². The fourth-order valence-electron chi connectivity index (χ4n) is 3.23. The van der Waals surface area contributed by atoms with Gasteiger partial charge in [0.2, 0.25) is 0 Å². The smallest absolute Gasteiger partial charge is 0.0427 e. The van der Waals surface area contributed by atoms with E-state index in [9.17, 15) is 0 Å². The second-order valence-corrected chi connectivity index (χ2v) is 6.22. The summed E-state index contributed by atoms with van der Waals surface area (Å²) in [6.07, 6.45) is 10.3. The van der Waals surface area contributed by atoms with Crippen LogP contribution in [-0.2, 0) is 0 Å². The quantitative estimate of drug-likeness (QED) is 0.696. The van der Waals surface area contributed by atoms with Crippen molar-refractivity contribution in [1.82, 2.24) is 5.32 Å². The van der Waals surface area contributed by atoms with Gasteiger partial charge in [0.1, 0.15) is 0 Å². The first kappa shape index (κ1) is 9.26. The van der Waals surface area contributed by atoms with Crippen LogP contribution in [0.2, 0.25) is 0 Å². The molecule has 16 heavy (non-hydrogen) atoms. The van der Waals surface area contributed by atoms with Gasteiger partial charge in [0, 0.05) is 22.9 Å². The molecule has 0 aromatic carbocycles. The zero-order valence-electron chi connectivity index (χ0n) is 9.81. The standard InChI is InChI=1S/C14H20N2/c15-13(14-7-9(14)8-14)11-3-1-2-4-12(11)16-10-5-6-10/h9-10,15-16H,1-8H2. The van der Waals surface area contributed by atoms with Crippen molar-refractivity contribution in [2.45, 2.75) is 57.4 Å². The van der Waals surface area contributed by atoms with Crippen molar-refractivity contribution in [1.29, 1.82) is 5.41 Å². The summed E-state index contributed by atoms with van der Waals surface area (Å²) in [6, 6.07) is 0.752. The number of hydrogen-bond donors (Lipinski definition) is 2. The molecule has 0 aliphatic heterocycles. The molecule has 86 valence electrons. The third-order valence-corrected chi connectivity index (χ3v) is 4.91. The van der Waals surface area contributed by atoms with Crippen LogP contribution in [0.4, 0.5) is 0 Å². The molecule has 0 spiro atoms. The van der Waals surface area contributed by atoms with Gasteiger partial charge in [0.05, 0.1) is 0 Å². The maximum Gasteiger partial charge on any atom is 0.0427 e. The van der Waals surface area contributed by atoms with Gasteiger partial charge >= 0.3 is 0 Å². The highest BCUT2D eigenvalue weighted by Crippen LogP contribution is 2.76. The maximum atomic E-state index is 8.44. The van der Waals surface area contributed by atoms with Crippen LogP contribution in [0.15, 0.2) is 11.3 Å². The van der Waals surface area contributed by atoms with Crippen LogP contribution in [-0.4, -0.2) is 11.8 Å². The third-order valence-electron chi connectivity index (χ3n) is 4.91. The minimum absolute atomic E-state index is 0.406. The van der Waals surface area contributed by atoms with E-state index in [4.69, 9.17) is 5.41 Å². The van der Waals surface area contributed by atoms with Crippen molar-refractivity contribution in [3.8, 4) is 0 Å². The van der Waals surface area contributed by atoms with Crippen molar-refractivity contribution >= 4 is 5.71 Å². The van der Waals surface area contributed by atoms with Crippen molar-refractivity contribution < 1.29 is 0 Å². The predicted molar refractivity (Wildman–Crippen MR) is 64.5 cm³/mol. The molecule has 0 aromatic rings. The lowest BCUT2D eigenvalue weighted by Gasteiger charge is -2.23. The Kier molecular flexibility index (Phi) is 1.68. The summed E-state index contributed by atoms with van der Waals surface area (Å²) in [5.41, 5.74) is 4.30. The van der Waals surface area contributed by atoms with Crippen LogP contribution in [0.3, 0.4) is 0 Å². The Hall–Kier alpha value is -0.790. The van der Waals surface area contributed by atoms with Gasteiger partial charge in [-0.2, -0.15) is 0 Å². The third kappa shape index (κ3) is 1.28. The highest BCUT2D eigenvalue weighted by molar-refractivity contribution is 6.07. The summed E-state index contributed by atoms with van der Waals surface area (Å²) >= 11 is 0. The molecule has 0 radical (unpaired) electrons. The van der Waals surface area contributed by atoms with Crippen molar-refractivity contribution in [2.75, 3.05) is 0 Å². The molecule has 0 heterocycles. The molecule has 0 unspecified atom stereocenters. The number of nitrogens with one attached hydrogen (secondary N) is 2. The summed E-state index contributed by atoms with van der Waals surface area (Å²) in [5, 5.41) is 12.1. The molecule has 0 bridgehead atoms. The number of allylic oxidation sites excluding steroid dienone is 2. The Morgan fingerprint density at radius 3 is 2.50 bits per heavy atom. The van der Waals surface area contributed by atoms with Crippen LogP contribution in [0.1, 0.15) is 51.4 Å². The largest absolute Gasteiger partial charge is 0.385 e. The zero-order chi connectivity index (χ0) is 10.8. The highest BCUT2D eigenvalue weighted by atomic mass is 15.0. The lowest BCUT2D eigenvalue weighted by molar-refractivity contribution is 0.621. The van der Waals surface area contributed by atoms with Gasteiger partial charge in [0.15, 0.2) is 0 Å². The van der Waals surface area contributed by atoms with E-state index in [2.05, 4.69) is 5.32 Å². The van der Waals surface area contributed by atoms with E-state index >= 15 is 0 Å². The summed E-state index contributed by atoms with van der Waals surface area (Å²) in [6.45, 7) is 0. The highest BCUT2D eigenvalue weighted by Gasteiger charge is 2.72. The topological polar surface area (TPSA) is 35.9 Å². The second kappa shape index (κ2) is 2.91. The Labute approximate surface area is 97.0 Å². The number of rotatable bonds is 4. The van der Waals surface area contributed by atoms with Crippen molar-refractivity contribution in [2.24, 2.45) is 11.3 Å². The van der Waals surface area contributed by atoms with E-state index in [1.807, 2.05) is 0 Å². The zero-order valence-corrected chi connectivity index (χ0v) is 9.81. The van der Waals surface area contributed by atoms with Crippen LogP contribution in [0.5, 0.6) is 0 Å². The normalized spacial score (nSPS) is 40.4. The SMILES string of the molecule is N=C(C1=C(NC2CC2)CCCC1)C12CC1C2. The van der Waals surface area contributed by atoms with Gasteiger partial charge in [0.25, 0.3) is 0 Å². The van der Waals surface area contributed by atoms with E-state index in [1.54, 1.807) is 0 Å². The Morgan fingerprint density at radius 1 is 1.19 bits per heavy atom. The molecule has 3 fully saturated rings. The van der Waals surface area contributed by atoms with Gasteiger partial charge in [-0.15, -0.1) is 0 Å². The van der Waals surface area contributed by atoms with Crippen LogP contribution in [0.25, 0.3) is 0 Å². The maximum absolute atomic E-state index is 8.44. The number of hydrogen-bond acceptors (Lipinski definition) is 2. The number of fused-ring (bicyclic) bond motifs is 1. The average Bonchev–Trinajstić information content (AvgIpc) is 3.09. The van der Waals surface area contributed by atoms with Gasteiger partial charge in [-0.1, -0.05) is 0 Å². The molecule has 2 heteroatoms. The molecule has 2 nitrogen and oxygen atoms in total. The summed E-state index contributed by atoms with van der Waals surface area (Å²) in [4.78, 5) is 0. The van der Waals surface area contributed by atoms with E-state index in [0.717, 1.165) is 17.7 Å². The Morgan fingerprint density at radius 2 is 1.88 bits per heavy atom. The molecule has 4 aliphatic rings. The summed E-state index contributed by atoms with van der Waals surface area (Å²) in [5.74, 6) is 0.914. The molecular formula is C14H20N2. The molecule has 2 N–H and O–H groups in total. The Balaban J connectivity index is 1.60. The van der Waals surface area contributed by atoms with E-state index in [0.29, 0.717) is 5.41 Å². The first-order chi connectivity index (χ1) is 7.79. The first-order valence-electron chi connectivity index (χ1n) is 6.87. The molecule has 4 aliphatic carbocycles. The van der Waals surface area contributed by atoms with E-state index in [1.165, 1.54) is 62.6 Å². The molecular weight excluding hydrogens is 196 g/mol. The Bertz CT molecular complexity index is 384. The molecule has 3 saturated carbocycles. The van der Waals surface area contributed by atoms with Gasteiger partial charge in [-0.25, -0.2) is 0 Å². The monoisotopic (exact) mass is 216 g/mol. The predicted octanol–water partition coefficient (Wildman–Crippen LogP) is 3.00. The lowest BCUT2D eigenvalue weighted by atomic mass is 9.88. The first-order valence-corrected chi connectivity index (χ1v) is 6.87. The lowest BCUT2D eigenvalue weighted by Crippen LogP contribution is -2.24. The molecule has 0 saturated heterocycles. The molecule has 0 amide bonds. The second-order valence-electron chi connectivity index (χ2n) is 6.22. The summed E-state index contributed by atoms with van der Waals surface area (Å²) in [7, 11) is 0. The minimum atomic E-state index is 0.406. The molecule has 4 rings (SSSR count). The molecule has 0 atom stereocenters. The van der Waals surface area contributed by atoms with E-state index in [-0.39, 0.29) is 0 Å². The van der Waals surface area contributed by atoms with Crippen molar-refractivity contribution in [3.63, 3.8) is 0 Å². The van der Waals surface area contributed by atoms with Crippen LogP contribution in [0, 0.1) is 16.7 Å². The molecule has 0 aromatic heterocycles. The van der Waals surface area contributed by atoms with Crippen LogP contribution >= 0.6 is 0 Å².